The Balaban J connectivity index is 1.67. The van der Waals surface area contributed by atoms with E-state index < -0.39 is 5.82 Å². The molecule has 0 amide bonds. The van der Waals surface area contributed by atoms with Crippen LogP contribution in [0.2, 0.25) is 5.02 Å². The van der Waals surface area contributed by atoms with Gasteiger partial charge in [-0.1, -0.05) is 18.5 Å². The van der Waals surface area contributed by atoms with Crippen molar-refractivity contribution < 1.29 is 9.13 Å². The first-order valence-corrected chi connectivity index (χ1v) is 9.44. The highest BCUT2D eigenvalue weighted by Gasteiger charge is 2.25. The molecule has 6 nitrogen and oxygen atoms in total. The van der Waals surface area contributed by atoms with Crippen molar-refractivity contribution in [1.29, 1.82) is 0 Å². The van der Waals surface area contributed by atoms with Crippen LogP contribution >= 0.6 is 11.6 Å². The molecular weight excluding hydrogens is 393 g/mol. The minimum atomic E-state index is -0.418. The minimum absolute atomic E-state index is 0.219. The van der Waals surface area contributed by atoms with E-state index in [4.69, 9.17) is 16.3 Å². The molecule has 0 spiro atoms. The first-order chi connectivity index (χ1) is 14.1. The molecule has 29 heavy (non-hydrogen) atoms. The summed E-state index contributed by atoms with van der Waals surface area (Å²) in [5, 5.41) is 3.77. The SMILES string of the molecule is CC1COc2c(Nc3cc(-c4cc(Cl)ccc4F)nc4nccnc34)ccnc21. The average Bonchev–Trinajstić information content (AvgIpc) is 3.12. The van der Waals surface area contributed by atoms with Crippen LogP contribution < -0.4 is 10.1 Å². The third-order valence-electron chi connectivity index (χ3n) is 4.79. The minimum Gasteiger partial charge on any atom is -0.489 e. The molecule has 0 aliphatic carbocycles. The van der Waals surface area contributed by atoms with Crippen LogP contribution in [-0.4, -0.2) is 26.5 Å². The van der Waals surface area contributed by atoms with Crippen molar-refractivity contribution >= 4 is 34.1 Å². The van der Waals surface area contributed by atoms with Crippen LogP contribution in [-0.2, 0) is 0 Å². The van der Waals surface area contributed by atoms with Crippen molar-refractivity contribution in [3.05, 3.63) is 65.5 Å². The average molecular weight is 408 g/mol. The van der Waals surface area contributed by atoms with Gasteiger partial charge in [0.25, 0.3) is 0 Å². The van der Waals surface area contributed by atoms with Gasteiger partial charge in [-0.15, -0.1) is 0 Å². The van der Waals surface area contributed by atoms with Gasteiger partial charge in [0.15, 0.2) is 11.4 Å². The zero-order valence-corrected chi connectivity index (χ0v) is 16.1. The Bertz CT molecular complexity index is 1250. The highest BCUT2D eigenvalue weighted by Crippen LogP contribution is 2.40. The lowest BCUT2D eigenvalue weighted by Gasteiger charge is -2.13. The van der Waals surface area contributed by atoms with Crippen LogP contribution in [0.5, 0.6) is 5.75 Å². The van der Waals surface area contributed by atoms with E-state index in [9.17, 15) is 4.39 Å². The summed E-state index contributed by atoms with van der Waals surface area (Å²) in [6.45, 7) is 2.65. The number of ether oxygens (including phenoxy) is 1. The van der Waals surface area contributed by atoms with Crippen LogP contribution in [0.25, 0.3) is 22.4 Å². The number of nitrogens with zero attached hydrogens (tertiary/aromatic N) is 4. The fourth-order valence-corrected chi connectivity index (χ4v) is 3.55. The van der Waals surface area contributed by atoms with Crippen molar-refractivity contribution in [2.24, 2.45) is 0 Å². The fourth-order valence-electron chi connectivity index (χ4n) is 3.38. The maximum atomic E-state index is 14.5. The Morgan fingerprint density at radius 1 is 1.07 bits per heavy atom. The zero-order valence-electron chi connectivity index (χ0n) is 15.4. The predicted molar refractivity (Wildman–Crippen MR) is 109 cm³/mol. The molecule has 1 aliphatic rings. The topological polar surface area (TPSA) is 72.8 Å². The molecule has 1 aliphatic heterocycles. The summed E-state index contributed by atoms with van der Waals surface area (Å²) in [6, 6.07) is 7.92. The normalized spacial score (nSPS) is 15.2. The summed E-state index contributed by atoms with van der Waals surface area (Å²) in [5.74, 6) is 0.513. The van der Waals surface area contributed by atoms with Crippen LogP contribution in [0.3, 0.4) is 0 Å². The Kier molecular flexibility index (Phi) is 4.24. The molecular formula is C21H15ClFN5O. The van der Waals surface area contributed by atoms with Gasteiger partial charge >= 0.3 is 0 Å². The molecule has 1 unspecified atom stereocenters. The van der Waals surface area contributed by atoms with E-state index in [2.05, 4.69) is 32.2 Å². The van der Waals surface area contributed by atoms with E-state index in [0.717, 1.165) is 11.4 Å². The van der Waals surface area contributed by atoms with Gasteiger partial charge in [-0.2, -0.15) is 0 Å². The number of anilines is 2. The van der Waals surface area contributed by atoms with Crippen molar-refractivity contribution in [2.75, 3.05) is 11.9 Å². The number of hydrogen-bond donors (Lipinski definition) is 1. The number of hydrogen-bond acceptors (Lipinski definition) is 6. The van der Waals surface area contributed by atoms with Gasteiger partial charge in [-0.05, 0) is 30.3 Å². The van der Waals surface area contributed by atoms with Crippen molar-refractivity contribution in [2.45, 2.75) is 12.8 Å². The molecule has 0 radical (unpaired) electrons. The van der Waals surface area contributed by atoms with E-state index >= 15 is 0 Å². The third-order valence-corrected chi connectivity index (χ3v) is 5.03. The second-order valence-corrected chi connectivity index (χ2v) is 7.25. The third kappa shape index (κ3) is 3.13. The summed E-state index contributed by atoms with van der Waals surface area (Å²) in [6.07, 6.45) is 4.87. The molecule has 4 aromatic rings. The smallest absolute Gasteiger partial charge is 0.180 e. The summed E-state index contributed by atoms with van der Waals surface area (Å²) in [4.78, 5) is 17.6. The number of aromatic nitrogens is 4. The Morgan fingerprint density at radius 2 is 1.93 bits per heavy atom. The lowest BCUT2D eigenvalue weighted by atomic mass is 10.1. The number of rotatable bonds is 3. The number of pyridine rings is 2. The van der Waals surface area contributed by atoms with Gasteiger partial charge in [0, 0.05) is 35.1 Å². The predicted octanol–water partition coefficient (Wildman–Crippen LogP) is 5.12. The number of fused-ring (bicyclic) bond motifs is 2. The Hall–Kier alpha value is -3.32. The monoisotopic (exact) mass is 407 g/mol. The van der Waals surface area contributed by atoms with Crippen LogP contribution in [0.15, 0.2) is 48.9 Å². The van der Waals surface area contributed by atoms with Gasteiger partial charge in [-0.25, -0.2) is 19.3 Å². The van der Waals surface area contributed by atoms with Gasteiger partial charge in [0.1, 0.15) is 11.3 Å². The molecule has 0 bridgehead atoms. The first kappa shape index (κ1) is 17.8. The van der Waals surface area contributed by atoms with E-state index in [-0.39, 0.29) is 11.5 Å². The summed E-state index contributed by atoms with van der Waals surface area (Å²) in [7, 11) is 0. The van der Waals surface area contributed by atoms with Gasteiger partial charge in [0.2, 0.25) is 0 Å². The molecule has 1 atom stereocenters. The van der Waals surface area contributed by atoms with Gasteiger partial charge in [0.05, 0.1) is 29.4 Å². The highest BCUT2D eigenvalue weighted by molar-refractivity contribution is 6.30. The molecule has 0 saturated heterocycles. The number of halogens is 2. The molecule has 1 N–H and O–H groups in total. The standard InChI is InChI=1S/C21H15ClFN5O/c1-11-10-29-20-15(4-5-24-18(11)20)27-17-9-16(13-8-12(22)2-3-14(13)23)28-21-19(17)25-6-7-26-21/h2-9,11H,10H2,1H3,(H,24,26,27,28). The summed E-state index contributed by atoms with van der Waals surface area (Å²) >= 11 is 6.07. The molecule has 0 saturated carbocycles. The van der Waals surface area contributed by atoms with Crippen molar-refractivity contribution in [3.8, 4) is 17.0 Å². The molecule has 3 aromatic heterocycles. The number of benzene rings is 1. The van der Waals surface area contributed by atoms with Crippen LogP contribution in [0.1, 0.15) is 18.5 Å². The lowest BCUT2D eigenvalue weighted by Crippen LogP contribution is -2.00. The molecule has 144 valence electrons. The zero-order chi connectivity index (χ0) is 20.0. The van der Waals surface area contributed by atoms with Crippen LogP contribution in [0, 0.1) is 5.82 Å². The maximum Gasteiger partial charge on any atom is 0.180 e. The van der Waals surface area contributed by atoms with Crippen molar-refractivity contribution in [1.82, 2.24) is 19.9 Å². The van der Waals surface area contributed by atoms with Gasteiger partial charge < -0.3 is 10.1 Å². The maximum absolute atomic E-state index is 14.5. The first-order valence-electron chi connectivity index (χ1n) is 9.06. The van der Waals surface area contributed by atoms with Crippen LogP contribution in [0.4, 0.5) is 15.8 Å². The fraction of sp³-hybridized carbons (Fsp3) is 0.143. The highest BCUT2D eigenvalue weighted by atomic mass is 35.5. The van der Waals surface area contributed by atoms with E-state index in [1.807, 2.05) is 6.07 Å². The Labute approximate surface area is 170 Å². The van der Waals surface area contributed by atoms with E-state index in [0.29, 0.717) is 39.9 Å². The molecule has 8 heteroatoms. The molecule has 5 rings (SSSR count). The number of nitrogens with one attached hydrogen (secondary N) is 1. The molecule has 0 fully saturated rings. The second-order valence-electron chi connectivity index (χ2n) is 6.82. The molecule has 4 heterocycles. The summed E-state index contributed by atoms with van der Waals surface area (Å²) < 4.78 is 20.3. The molecule has 1 aromatic carbocycles. The second kappa shape index (κ2) is 6.93. The largest absolute Gasteiger partial charge is 0.489 e. The van der Waals surface area contributed by atoms with Gasteiger partial charge in [-0.3, -0.25) is 4.98 Å². The lowest BCUT2D eigenvalue weighted by molar-refractivity contribution is 0.338. The van der Waals surface area contributed by atoms with E-state index in [1.54, 1.807) is 30.7 Å². The Morgan fingerprint density at radius 3 is 2.83 bits per heavy atom. The van der Waals surface area contributed by atoms with Crippen molar-refractivity contribution in [3.63, 3.8) is 0 Å². The quantitative estimate of drug-likeness (QED) is 0.508. The van der Waals surface area contributed by atoms with E-state index in [1.165, 1.54) is 12.1 Å². The summed E-state index contributed by atoms with van der Waals surface area (Å²) in [5.41, 5.74) is 3.95.